The highest BCUT2D eigenvalue weighted by molar-refractivity contribution is 6.15. The summed E-state index contributed by atoms with van der Waals surface area (Å²) in [7, 11) is 0. The minimum atomic E-state index is -0.184. The van der Waals surface area contributed by atoms with Crippen LogP contribution in [0.3, 0.4) is 0 Å². The van der Waals surface area contributed by atoms with Crippen molar-refractivity contribution < 1.29 is 0 Å². The molecule has 11 aromatic rings. The van der Waals surface area contributed by atoms with Gasteiger partial charge in [-0.15, -0.1) is 0 Å². The van der Waals surface area contributed by atoms with Crippen molar-refractivity contribution in [3.8, 4) is 55.6 Å². The molecule has 0 aromatic heterocycles. The Morgan fingerprint density at radius 3 is 1.40 bits per heavy atom. The van der Waals surface area contributed by atoms with Crippen LogP contribution in [0.1, 0.15) is 49.9 Å². The summed E-state index contributed by atoms with van der Waals surface area (Å²) >= 11 is 0. The van der Waals surface area contributed by atoms with Gasteiger partial charge in [-0.1, -0.05) is 210 Å². The lowest BCUT2D eigenvalue weighted by Gasteiger charge is -2.33. The van der Waals surface area contributed by atoms with Crippen molar-refractivity contribution in [1.82, 2.24) is 0 Å². The smallest absolute Gasteiger partial charge is 0.0619 e. The number of fused-ring (bicyclic) bond motifs is 10. The summed E-state index contributed by atoms with van der Waals surface area (Å²) in [6.07, 6.45) is 0. The van der Waals surface area contributed by atoms with Crippen LogP contribution in [0.2, 0.25) is 0 Å². The summed E-state index contributed by atoms with van der Waals surface area (Å²) in [6.45, 7) is 9.56. The molecule has 13 rings (SSSR count). The standard InChI is InChI=1S/C66H49N/c1-65(2)60-31-16-14-28-53(60)55-35-33-46(40-62(55)65)67(47-34-36-56-54-29-15-17-32-61(54)66(3,4)63(56)41-47)64-58(43-19-6-5-7-20-43)38-45(39-59(64)51-30-18-23-42-21-8-10-24-48(42)51)57-37-44-22-9-11-25-49(44)50-26-12-13-27-52(50)57/h5-41H,1-4H3. The Morgan fingerprint density at radius 1 is 0.269 bits per heavy atom. The minimum Gasteiger partial charge on any atom is -0.309 e. The first-order chi connectivity index (χ1) is 32.8. The fourth-order valence-electron chi connectivity index (χ4n) is 11.9. The molecule has 0 atom stereocenters. The van der Waals surface area contributed by atoms with E-state index in [9.17, 15) is 0 Å². The first kappa shape index (κ1) is 39.4. The lowest BCUT2D eigenvalue weighted by atomic mass is 9.81. The number of hydrogen-bond acceptors (Lipinski definition) is 1. The molecule has 0 amide bonds. The summed E-state index contributed by atoms with van der Waals surface area (Å²) in [4.78, 5) is 2.60. The summed E-state index contributed by atoms with van der Waals surface area (Å²) < 4.78 is 0. The van der Waals surface area contributed by atoms with E-state index in [1.54, 1.807) is 0 Å². The zero-order valence-electron chi connectivity index (χ0n) is 38.3. The highest BCUT2D eigenvalue weighted by Crippen LogP contribution is 2.56. The Bertz CT molecular complexity index is 3700. The van der Waals surface area contributed by atoms with E-state index < -0.39 is 0 Å². The molecule has 0 fully saturated rings. The predicted octanol–water partition coefficient (Wildman–Crippen LogP) is 18.2. The average Bonchev–Trinajstić information content (AvgIpc) is 3.75. The van der Waals surface area contributed by atoms with Crippen molar-refractivity contribution in [1.29, 1.82) is 0 Å². The molecule has 0 unspecified atom stereocenters. The van der Waals surface area contributed by atoms with E-state index in [4.69, 9.17) is 0 Å². The summed E-state index contributed by atoms with van der Waals surface area (Å²) in [5.74, 6) is 0. The van der Waals surface area contributed by atoms with Crippen molar-refractivity contribution in [2.75, 3.05) is 4.90 Å². The fourth-order valence-corrected chi connectivity index (χ4v) is 11.9. The molecular formula is C66H49N. The molecule has 0 N–H and O–H groups in total. The number of rotatable bonds is 6. The van der Waals surface area contributed by atoms with Crippen molar-refractivity contribution >= 4 is 49.4 Å². The van der Waals surface area contributed by atoms with E-state index in [0.29, 0.717) is 0 Å². The van der Waals surface area contributed by atoms with Gasteiger partial charge in [0.2, 0.25) is 0 Å². The third kappa shape index (κ3) is 5.94. The number of hydrogen-bond donors (Lipinski definition) is 0. The Kier molecular flexibility index (Phi) is 8.67. The zero-order valence-corrected chi connectivity index (χ0v) is 38.3. The van der Waals surface area contributed by atoms with Crippen molar-refractivity contribution in [2.24, 2.45) is 0 Å². The summed E-state index contributed by atoms with van der Waals surface area (Å²) in [5, 5.41) is 7.45. The van der Waals surface area contributed by atoms with Crippen LogP contribution in [0.15, 0.2) is 224 Å². The second-order valence-electron chi connectivity index (χ2n) is 19.6. The second kappa shape index (κ2) is 14.8. The molecule has 11 aromatic carbocycles. The van der Waals surface area contributed by atoms with Gasteiger partial charge >= 0.3 is 0 Å². The average molecular weight is 856 g/mol. The van der Waals surface area contributed by atoms with Crippen LogP contribution in [-0.4, -0.2) is 0 Å². The number of anilines is 3. The lowest BCUT2D eigenvalue weighted by Crippen LogP contribution is -2.18. The molecule has 2 aliphatic rings. The normalized spacial score (nSPS) is 13.9. The van der Waals surface area contributed by atoms with Crippen LogP contribution in [0.5, 0.6) is 0 Å². The zero-order chi connectivity index (χ0) is 45.0. The van der Waals surface area contributed by atoms with E-state index in [2.05, 4.69) is 257 Å². The number of benzene rings is 11. The first-order valence-corrected chi connectivity index (χ1v) is 23.7. The molecule has 0 saturated heterocycles. The third-order valence-electron chi connectivity index (χ3n) is 15.2. The molecule has 0 heterocycles. The van der Waals surface area contributed by atoms with Gasteiger partial charge in [0.15, 0.2) is 0 Å². The van der Waals surface area contributed by atoms with Crippen molar-refractivity contribution in [3.05, 3.63) is 247 Å². The molecule has 2 aliphatic carbocycles. The van der Waals surface area contributed by atoms with Gasteiger partial charge < -0.3 is 4.90 Å². The van der Waals surface area contributed by atoms with Gasteiger partial charge in [-0.05, 0) is 142 Å². The highest BCUT2D eigenvalue weighted by Gasteiger charge is 2.38. The van der Waals surface area contributed by atoms with Gasteiger partial charge in [0.05, 0.1) is 5.69 Å². The van der Waals surface area contributed by atoms with Crippen molar-refractivity contribution in [3.63, 3.8) is 0 Å². The van der Waals surface area contributed by atoms with E-state index >= 15 is 0 Å². The maximum absolute atomic E-state index is 2.60. The van der Waals surface area contributed by atoms with Gasteiger partial charge in [-0.25, -0.2) is 0 Å². The predicted molar refractivity (Wildman–Crippen MR) is 285 cm³/mol. The quantitative estimate of drug-likeness (QED) is 0.151. The van der Waals surface area contributed by atoms with Crippen molar-refractivity contribution in [2.45, 2.75) is 38.5 Å². The largest absolute Gasteiger partial charge is 0.309 e. The van der Waals surface area contributed by atoms with E-state index in [1.807, 2.05) is 0 Å². The fraction of sp³-hybridized carbons (Fsp3) is 0.0909. The molecular weight excluding hydrogens is 807 g/mol. The summed E-state index contributed by atoms with van der Waals surface area (Å²) in [6, 6.07) is 84.3. The third-order valence-corrected chi connectivity index (χ3v) is 15.2. The molecule has 1 nitrogen and oxygen atoms in total. The molecule has 0 saturated carbocycles. The van der Waals surface area contributed by atoms with Gasteiger partial charge in [0.1, 0.15) is 0 Å². The van der Waals surface area contributed by atoms with E-state index in [0.717, 1.165) is 17.1 Å². The topological polar surface area (TPSA) is 3.24 Å². The maximum atomic E-state index is 2.60. The van der Waals surface area contributed by atoms with Gasteiger partial charge in [0.25, 0.3) is 0 Å². The highest BCUT2D eigenvalue weighted by atomic mass is 15.1. The molecule has 1 heteroatoms. The Morgan fingerprint density at radius 2 is 0.746 bits per heavy atom. The van der Waals surface area contributed by atoms with E-state index in [1.165, 1.54) is 110 Å². The van der Waals surface area contributed by atoms with Crippen LogP contribution >= 0.6 is 0 Å². The molecule has 67 heavy (non-hydrogen) atoms. The Hall–Kier alpha value is -8.00. The van der Waals surface area contributed by atoms with Crippen LogP contribution in [-0.2, 0) is 10.8 Å². The Labute approximate surface area is 393 Å². The van der Waals surface area contributed by atoms with Gasteiger partial charge in [-0.3, -0.25) is 0 Å². The van der Waals surface area contributed by atoms with Gasteiger partial charge in [-0.2, -0.15) is 0 Å². The lowest BCUT2D eigenvalue weighted by molar-refractivity contribution is 0.660. The molecule has 0 spiro atoms. The SMILES string of the molecule is CC1(C)c2ccccc2-c2ccc(N(c3ccc4c(c3)C(C)(C)c3ccccc3-4)c3c(-c4ccccc4)cc(-c4cc5ccccc5c5ccccc45)cc3-c3cccc4ccccc34)cc21. The van der Waals surface area contributed by atoms with Crippen LogP contribution in [0.4, 0.5) is 17.1 Å². The first-order valence-electron chi connectivity index (χ1n) is 23.7. The second-order valence-corrected chi connectivity index (χ2v) is 19.6. The van der Waals surface area contributed by atoms with Gasteiger partial charge in [0, 0.05) is 33.3 Å². The molecule has 318 valence electrons. The van der Waals surface area contributed by atoms with Crippen LogP contribution in [0, 0.1) is 0 Å². The van der Waals surface area contributed by atoms with E-state index in [-0.39, 0.29) is 10.8 Å². The summed E-state index contributed by atoms with van der Waals surface area (Å²) in [5.41, 5.74) is 20.9. The molecule has 0 radical (unpaired) electrons. The molecule has 0 aliphatic heterocycles. The monoisotopic (exact) mass is 855 g/mol. The number of nitrogens with zero attached hydrogens (tertiary/aromatic N) is 1. The van der Waals surface area contributed by atoms with Crippen LogP contribution in [0.25, 0.3) is 88.0 Å². The Balaban J connectivity index is 1.17. The molecule has 0 bridgehead atoms. The maximum Gasteiger partial charge on any atom is 0.0619 e. The minimum absolute atomic E-state index is 0.184. The van der Waals surface area contributed by atoms with Crippen LogP contribution < -0.4 is 4.90 Å².